The highest BCUT2D eigenvalue weighted by Crippen LogP contribution is 2.34. The number of ether oxygens (including phenoxy) is 6. The summed E-state index contributed by atoms with van der Waals surface area (Å²) in [6.45, 7) is 1.53. The minimum Gasteiger partial charge on any atom is -0.493 e. The fourth-order valence-electron chi connectivity index (χ4n) is 4.65. The maximum Gasteiger partial charge on any atom is 0.332 e. The Hall–Kier alpha value is -4.80. The fourth-order valence-corrected chi connectivity index (χ4v) is 4.65. The van der Waals surface area contributed by atoms with Crippen molar-refractivity contribution in [2.75, 3.05) is 20.5 Å². The molecular formula is C30H30N2O9. The van der Waals surface area contributed by atoms with Gasteiger partial charge in [-0.05, 0) is 43.0 Å². The van der Waals surface area contributed by atoms with Gasteiger partial charge in [0.25, 0.3) is 5.91 Å². The molecule has 0 radical (unpaired) electrons. The van der Waals surface area contributed by atoms with Gasteiger partial charge in [-0.2, -0.15) is 0 Å². The van der Waals surface area contributed by atoms with Crippen LogP contribution in [-0.2, 0) is 32.1 Å². The van der Waals surface area contributed by atoms with E-state index < -0.39 is 42.5 Å². The standard InChI is InChI=1S/C30H30N2O9/c1-18-12-21(13-19-6-4-3-5-7-19)29(34)38-16-22(30(35)41-18)32-28(33)26-27(24(36-2)10-11-31-26)37-15-20-8-9-23-25(14-20)40-17-39-23/h3-11,14,18,21-22H,12-13,15-17H2,1-2H3,(H,32,33)/t18-,21+,22-/m0/s1. The van der Waals surface area contributed by atoms with Crippen LogP contribution in [0.5, 0.6) is 23.0 Å². The van der Waals surface area contributed by atoms with Crippen LogP contribution in [0.1, 0.15) is 35.0 Å². The van der Waals surface area contributed by atoms with Crippen molar-refractivity contribution < 1.29 is 42.8 Å². The molecule has 0 unspecified atom stereocenters. The lowest BCUT2D eigenvalue weighted by Gasteiger charge is -2.19. The van der Waals surface area contributed by atoms with E-state index in [1.807, 2.05) is 36.4 Å². The van der Waals surface area contributed by atoms with E-state index in [1.165, 1.54) is 13.3 Å². The van der Waals surface area contributed by atoms with Crippen molar-refractivity contribution in [2.24, 2.45) is 5.92 Å². The van der Waals surface area contributed by atoms with Gasteiger partial charge in [-0.1, -0.05) is 36.4 Å². The zero-order valence-corrected chi connectivity index (χ0v) is 22.7. The van der Waals surface area contributed by atoms with Crippen molar-refractivity contribution in [1.82, 2.24) is 10.3 Å². The summed E-state index contributed by atoms with van der Waals surface area (Å²) in [6.07, 6.45) is 1.54. The number of amides is 1. The number of nitrogens with one attached hydrogen (secondary N) is 1. The summed E-state index contributed by atoms with van der Waals surface area (Å²) in [6, 6.07) is 15.2. The molecule has 1 fully saturated rings. The van der Waals surface area contributed by atoms with E-state index in [4.69, 9.17) is 28.4 Å². The van der Waals surface area contributed by atoms with Crippen molar-refractivity contribution in [1.29, 1.82) is 0 Å². The number of hydrogen-bond donors (Lipinski definition) is 1. The van der Waals surface area contributed by atoms with E-state index in [0.717, 1.165) is 11.1 Å². The molecule has 11 nitrogen and oxygen atoms in total. The van der Waals surface area contributed by atoms with Gasteiger partial charge in [0.2, 0.25) is 6.79 Å². The van der Waals surface area contributed by atoms with Crippen molar-refractivity contribution in [3.63, 3.8) is 0 Å². The topological polar surface area (TPSA) is 132 Å². The molecule has 1 N–H and O–H groups in total. The Labute approximate surface area is 236 Å². The van der Waals surface area contributed by atoms with Gasteiger partial charge in [-0.3, -0.25) is 9.59 Å². The van der Waals surface area contributed by atoms with E-state index in [1.54, 1.807) is 25.1 Å². The average molecular weight is 563 g/mol. The third-order valence-electron chi connectivity index (χ3n) is 6.70. The predicted molar refractivity (Wildman–Crippen MR) is 144 cm³/mol. The maximum absolute atomic E-state index is 13.4. The van der Waals surface area contributed by atoms with Gasteiger partial charge in [-0.15, -0.1) is 0 Å². The van der Waals surface area contributed by atoms with Gasteiger partial charge in [0, 0.05) is 12.3 Å². The van der Waals surface area contributed by atoms with E-state index in [9.17, 15) is 14.4 Å². The van der Waals surface area contributed by atoms with Crippen LogP contribution < -0.4 is 24.3 Å². The highest BCUT2D eigenvalue weighted by Gasteiger charge is 2.33. The molecule has 0 saturated carbocycles. The van der Waals surface area contributed by atoms with Crippen LogP contribution in [-0.4, -0.2) is 55.5 Å². The summed E-state index contributed by atoms with van der Waals surface area (Å²) in [4.78, 5) is 43.4. The Balaban J connectivity index is 1.29. The molecule has 1 saturated heterocycles. The lowest BCUT2D eigenvalue weighted by Crippen LogP contribution is -2.46. The molecule has 2 aliphatic rings. The second-order valence-corrected chi connectivity index (χ2v) is 9.69. The summed E-state index contributed by atoms with van der Waals surface area (Å²) in [7, 11) is 1.44. The summed E-state index contributed by atoms with van der Waals surface area (Å²) in [5.74, 6) is -0.843. The number of rotatable bonds is 8. The predicted octanol–water partition coefficient (Wildman–Crippen LogP) is 3.23. The average Bonchev–Trinajstić information content (AvgIpc) is 3.46. The van der Waals surface area contributed by atoms with Crippen molar-refractivity contribution in [3.05, 3.63) is 77.6 Å². The first kappa shape index (κ1) is 27.8. The molecule has 5 rings (SSSR count). The van der Waals surface area contributed by atoms with Crippen molar-refractivity contribution in [2.45, 2.75) is 38.5 Å². The molecule has 1 aromatic heterocycles. The SMILES string of the molecule is COc1ccnc(C(=O)N[C@H]2COC(=O)[C@@H](Cc3ccccc3)C[C@H](C)OC2=O)c1OCc1ccc2c(c1)OCO2. The molecule has 3 heterocycles. The first-order chi connectivity index (χ1) is 19.9. The molecule has 0 aliphatic carbocycles. The lowest BCUT2D eigenvalue weighted by molar-refractivity contribution is -0.152. The van der Waals surface area contributed by atoms with E-state index in [-0.39, 0.29) is 37.0 Å². The smallest absolute Gasteiger partial charge is 0.332 e. The molecule has 41 heavy (non-hydrogen) atoms. The third kappa shape index (κ3) is 6.68. The number of carbonyl (C=O) groups is 3. The van der Waals surface area contributed by atoms with Gasteiger partial charge in [-0.25, -0.2) is 9.78 Å². The number of hydrogen-bond acceptors (Lipinski definition) is 10. The van der Waals surface area contributed by atoms with E-state index >= 15 is 0 Å². The zero-order chi connectivity index (χ0) is 28.8. The highest BCUT2D eigenvalue weighted by atomic mass is 16.7. The molecule has 2 aromatic carbocycles. The van der Waals surface area contributed by atoms with Gasteiger partial charge in [0.05, 0.1) is 19.1 Å². The molecule has 214 valence electrons. The Kier molecular flexibility index (Phi) is 8.52. The third-order valence-corrected chi connectivity index (χ3v) is 6.70. The number of carbonyl (C=O) groups excluding carboxylic acids is 3. The number of fused-ring (bicyclic) bond motifs is 1. The van der Waals surface area contributed by atoms with Crippen LogP contribution in [0.15, 0.2) is 60.8 Å². The molecule has 1 amide bonds. The molecule has 0 bridgehead atoms. The molecule has 0 spiro atoms. The summed E-state index contributed by atoms with van der Waals surface area (Å²) in [5, 5.41) is 2.58. The molecule has 3 atom stereocenters. The first-order valence-electron chi connectivity index (χ1n) is 13.2. The Bertz CT molecular complexity index is 1410. The van der Waals surface area contributed by atoms with Crippen LogP contribution in [0.4, 0.5) is 0 Å². The van der Waals surface area contributed by atoms with Crippen LogP contribution in [0, 0.1) is 5.92 Å². The number of aromatic nitrogens is 1. The van der Waals surface area contributed by atoms with Crippen LogP contribution in [0.3, 0.4) is 0 Å². The maximum atomic E-state index is 13.4. The molecule has 3 aromatic rings. The first-order valence-corrected chi connectivity index (χ1v) is 13.2. The van der Waals surface area contributed by atoms with Crippen LogP contribution in [0.25, 0.3) is 0 Å². The van der Waals surface area contributed by atoms with E-state index in [2.05, 4.69) is 10.3 Å². The second kappa shape index (κ2) is 12.6. The Morgan fingerprint density at radius 1 is 1.00 bits per heavy atom. The Morgan fingerprint density at radius 3 is 2.61 bits per heavy atom. The van der Waals surface area contributed by atoms with E-state index in [0.29, 0.717) is 17.9 Å². The molecule has 11 heteroatoms. The molecular weight excluding hydrogens is 532 g/mol. The number of pyridine rings is 1. The van der Waals surface area contributed by atoms with Gasteiger partial charge >= 0.3 is 11.9 Å². The summed E-state index contributed by atoms with van der Waals surface area (Å²) < 4.78 is 33.2. The minimum atomic E-state index is -1.25. The normalized spacial score (nSPS) is 20.1. The highest BCUT2D eigenvalue weighted by molar-refractivity contribution is 5.98. The minimum absolute atomic E-state index is 0.0718. The van der Waals surface area contributed by atoms with Crippen LogP contribution >= 0.6 is 0 Å². The number of nitrogens with zero attached hydrogens (tertiary/aromatic N) is 1. The quantitative estimate of drug-likeness (QED) is 0.408. The fraction of sp³-hybridized carbons (Fsp3) is 0.333. The van der Waals surface area contributed by atoms with Gasteiger partial charge < -0.3 is 33.7 Å². The molecule has 2 aliphatic heterocycles. The Morgan fingerprint density at radius 2 is 1.80 bits per heavy atom. The van der Waals surface area contributed by atoms with Gasteiger partial charge in [0.15, 0.2) is 34.7 Å². The lowest BCUT2D eigenvalue weighted by atomic mass is 9.94. The number of esters is 2. The second-order valence-electron chi connectivity index (χ2n) is 9.69. The van der Waals surface area contributed by atoms with Crippen molar-refractivity contribution in [3.8, 4) is 23.0 Å². The summed E-state index contributed by atoms with van der Waals surface area (Å²) in [5.41, 5.74) is 1.62. The zero-order valence-electron chi connectivity index (χ0n) is 22.7. The van der Waals surface area contributed by atoms with Crippen LogP contribution in [0.2, 0.25) is 0 Å². The number of methoxy groups -OCH3 is 1. The monoisotopic (exact) mass is 562 g/mol. The van der Waals surface area contributed by atoms with Crippen molar-refractivity contribution >= 4 is 17.8 Å². The summed E-state index contributed by atoms with van der Waals surface area (Å²) >= 11 is 0. The van der Waals surface area contributed by atoms with Gasteiger partial charge in [0.1, 0.15) is 13.2 Å². The number of cyclic esters (lactones) is 2. The number of benzene rings is 2. The largest absolute Gasteiger partial charge is 0.493 e.